The maximum atomic E-state index is 8.87. The smallest absolute Gasteiger partial charge is 0.160 e. The van der Waals surface area contributed by atoms with Crippen LogP contribution in [0.2, 0.25) is 10.0 Å². The molecule has 0 aliphatic carbocycles. The molecule has 0 saturated heterocycles. The lowest BCUT2D eigenvalue weighted by atomic mass is 10.2. The highest BCUT2D eigenvalue weighted by Gasteiger charge is 2.06. The fourth-order valence-electron chi connectivity index (χ4n) is 1.25. The van der Waals surface area contributed by atoms with Crippen LogP contribution >= 0.6 is 23.2 Å². The Morgan fingerprint density at radius 1 is 1.12 bits per heavy atom. The monoisotopic (exact) mass is 254 g/mol. The summed E-state index contributed by atoms with van der Waals surface area (Å²) in [6, 6.07) is 5.13. The van der Waals surface area contributed by atoms with Crippen molar-refractivity contribution in [3.05, 3.63) is 46.2 Å². The predicted molar refractivity (Wildman–Crippen MR) is 63.4 cm³/mol. The normalized spacial score (nSPS) is 10.4. The standard InChI is InChI=1S/C11H8Cl2N2O/c12-8-1-2-9(10(13)3-8)11-14-4-7(6-16)5-15-11/h1-5,16H,6H2. The van der Waals surface area contributed by atoms with Gasteiger partial charge < -0.3 is 5.11 Å². The van der Waals surface area contributed by atoms with Crippen LogP contribution in [0.25, 0.3) is 11.4 Å². The number of nitrogens with zero attached hydrogens (tertiary/aromatic N) is 2. The SMILES string of the molecule is OCc1cnc(-c2ccc(Cl)cc2Cl)nc1. The van der Waals surface area contributed by atoms with E-state index in [1.807, 2.05) is 0 Å². The molecule has 16 heavy (non-hydrogen) atoms. The molecule has 0 aliphatic rings. The van der Waals surface area contributed by atoms with Crippen molar-refractivity contribution in [1.82, 2.24) is 9.97 Å². The van der Waals surface area contributed by atoms with E-state index in [1.165, 1.54) is 0 Å². The minimum absolute atomic E-state index is 0.0748. The Labute approximate surface area is 103 Å². The van der Waals surface area contributed by atoms with Gasteiger partial charge in [0.25, 0.3) is 0 Å². The number of hydrogen-bond donors (Lipinski definition) is 1. The molecule has 0 aliphatic heterocycles. The zero-order chi connectivity index (χ0) is 11.5. The first-order valence-electron chi connectivity index (χ1n) is 4.58. The van der Waals surface area contributed by atoms with Gasteiger partial charge >= 0.3 is 0 Å². The molecule has 0 radical (unpaired) electrons. The minimum atomic E-state index is -0.0748. The first-order chi connectivity index (χ1) is 7.70. The summed E-state index contributed by atoms with van der Waals surface area (Å²) in [4.78, 5) is 8.22. The highest BCUT2D eigenvalue weighted by Crippen LogP contribution is 2.27. The average Bonchev–Trinajstić information content (AvgIpc) is 2.29. The molecule has 1 aromatic carbocycles. The van der Waals surface area contributed by atoms with Crippen LogP contribution in [0.15, 0.2) is 30.6 Å². The van der Waals surface area contributed by atoms with E-state index >= 15 is 0 Å². The van der Waals surface area contributed by atoms with Gasteiger partial charge in [-0.05, 0) is 18.2 Å². The van der Waals surface area contributed by atoms with Crippen LogP contribution in [0.1, 0.15) is 5.56 Å². The maximum absolute atomic E-state index is 8.87. The van der Waals surface area contributed by atoms with Crippen molar-refractivity contribution in [2.75, 3.05) is 0 Å². The highest BCUT2D eigenvalue weighted by atomic mass is 35.5. The van der Waals surface area contributed by atoms with E-state index in [4.69, 9.17) is 28.3 Å². The van der Waals surface area contributed by atoms with Gasteiger partial charge in [-0.25, -0.2) is 9.97 Å². The summed E-state index contributed by atoms with van der Waals surface area (Å²) >= 11 is 11.8. The Bertz CT molecular complexity index is 500. The molecule has 0 unspecified atom stereocenters. The van der Waals surface area contributed by atoms with Crippen LogP contribution in [0.3, 0.4) is 0 Å². The molecule has 2 rings (SSSR count). The second kappa shape index (κ2) is 4.78. The van der Waals surface area contributed by atoms with Crippen molar-refractivity contribution in [2.45, 2.75) is 6.61 Å². The number of halogens is 2. The summed E-state index contributed by atoms with van der Waals surface area (Å²) in [5.74, 6) is 0.513. The fourth-order valence-corrected chi connectivity index (χ4v) is 1.74. The molecule has 82 valence electrons. The Kier molecular flexibility index (Phi) is 3.39. The van der Waals surface area contributed by atoms with Gasteiger partial charge in [-0.1, -0.05) is 23.2 Å². The van der Waals surface area contributed by atoms with Crippen molar-refractivity contribution < 1.29 is 5.11 Å². The van der Waals surface area contributed by atoms with Gasteiger partial charge in [-0.3, -0.25) is 0 Å². The molecule has 2 aromatic rings. The number of aliphatic hydroxyl groups excluding tert-OH is 1. The van der Waals surface area contributed by atoms with Crippen LogP contribution in [0.5, 0.6) is 0 Å². The Morgan fingerprint density at radius 2 is 1.81 bits per heavy atom. The number of rotatable bonds is 2. The topological polar surface area (TPSA) is 46.0 Å². The predicted octanol–water partition coefficient (Wildman–Crippen LogP) is 2.94. The van der Waals surface area contributed by atoms with Gasteiger partial charge in [0, 0.05) is 28.5 Å². The molecule has 1 aromatic heterocycles. The van der Waals surface area contributed by atoms with E-state index in [2.05, 4.69) is 9.97 Å². The fraction of sp³-hybridized carbons (Fsp3) is 0.0909. The molecule has 0 spiro atoms. The summed E-state index contributed by atoms with van der Waals surface area (Å²) in [6.07, 6.45) is 3.13. The van der Waals surface area contributed by atoms with Crippen LogP contribution < -0.4 is 0 Å². The molecule has 0 amide bonds. The average molecular weight is 255 g/mol. The Morgan fingerprint density at radius 3 is 2.38 bits per heavy atom. The second-order valence-electron chi connectivity index (χ2n) is 3.20. The third kappa shape index (κ3) is 2.32. The molecule has 0 saturated carbocycles. The van der Waals surface area contributed by atoms with Crippen molar-refractivity contribution in [3.63, 3.8) is 0 Å². The largest absolute Gasteiger partial charge is 0.392 e. The van der Waals surface area contributed by atoms with E-state index in [-0.39, 0.29) is 6.61 Å². The summed E-state index contributed by atoms with van der Waals surface area (Å²) < 4.78 is 0. The molecule has 3 nitrogen and oxygen atoms in total. The minimum Gasteiger partial charge on any atom is -0.392 e. The highest BCUT2D eigenvalue weighted by molar-refractivity contribution is 6.36. The second-order valence-corrected chi connectivity index (χ2v) is 4.04. The number of hydrogen-bond acceptors (Lipinski definition) is 3. The number of aromatic nitrogens is 2. The quantitative estimate of drug-likeness (QED) is 0.897. The Hall–Kier alpha value is -1.16. The molecule has 0 bridgehead atoms. The third-order valence-electron chi connectivity index (χ3n) is 2.06. The van der Waals surface area contributed by atoms with Gasteiger partial charge in [-0.15, -0.1) is 0 Å². The lowest BCUT2D eigenvalue weighted by Gasteiger charge is -2.03. The summed E-state index contributed by atoms with van der Waals surface area (Å²) in [5, 5.41) is 9.94. The van der Waals surface area contributed by atoms with Crippen LogP contribution in [0, 0.1) is 0 Å². The van der Waals surface area contributed by atoms with Crippen molar-refractivity contribution in [2.24, 2.45) is 0 Å². The first kappa shape index (κ1) is 11.3. The van der Waals surface area contributed by atoms with Gasteiger partial charge in [0.2, 0.25) is 0 Å². The molecule has 5 heteroatoms. The Balaban J connectivity index is 2.42. The lowest BCUT2D eigenvalue weighted by Crippen LogP contribution is -1.92. The zero-order valence-electron chi connectivity index (χ0n) is 8.19. The molecule has 1 N–H and O–H groups in total. The lowest BCUT2D eigenvalue weighted by molar-refractivity contribution is 0.281. The van der Waals surface area contributed by atoms with E-state index in [9.17, 15) is 0 Å². The summed E-state index contributed by atoms with van der Waals surface area (Å²) in [7, 11) is 0. The van der Waals surface area contributed by atoms with E-state index in [0.717, 1.165) is 5.56 Å². The van der Waals surface area contributed by atoms with Gasteiger partial charge in [0.1, 0.15) is 0 Å². The van der Waals surface area contributed by atoms with E-state index < -0.39 is 0 Å². The number of benzene rings is 1. The van der Waals surface area contributed by atoms with Crippen molar-refractivity contribution >= 4 is 23.2 Å². The van der Waals surface area contributed by atoms with E-state index in [1.54, 1.807) is 30.6 Å². The number of aliphatic hydroxyl groups is 1. The molecule has 0 atom stereocenters. The third-order valence-corrected chi connectivity index (χ3v) is 2.61. The van der Waals surface area contributed by atoms with E-state index in [0.29, 0.717) is 21.4 Å². The first-order valence-corrected chi connectivity index (χ1v) is 5.33. The molecular formula is C11H8Cl2N2O. The van der Waals surface area contributed by atoms with Crippen LogP contribution in [-0.2, 0) is 6.61 Å². The summed E-state index contributed by atoms with van der Waals surface area (Å²) in [6.45, 7) is -0.0748. The van der Waals surface area contributed by atoms with Gasteiger partial charge in [-0.2, -0.15) is 0 Å². The summed E-state index contributed by atoms with van der Waals surface area (Å²) in [5.41, 5.74) is 1.38. The van der Waals surface area contributed by atoms with Crippen LogP contribution in [0.4, 0.5) is 0 Å². The molecule has 0 fully saturated rings. The maximum Gasteiger partial charge on any atom is 0.160 e. The zero-order valence-corrected chi connectivity index (χ0v) is 9.70. The van der Waals surface area contributed by atoms with Crippen LogP contribution in [-0.4, -0.2) is 15.1 Å². The van der Waals surface area contributed by atoms with Gasteiger partial charge in [0.05, 0.1) is 11.6 Å². The molecule has 1 heterocycles. The molecular weight excluding hydrogens is 247 g/mol. The van der Waals surface area contributed by atoms with Crippen molar-refractivity contribution in [3.8, 4) is 11.4 Å². The van der Waals surface area contributed by atoms with Crippen molar-refractivity contribution in [1.29, 1.82) is 0 Å². The van der Waals surface area contributed by atoms with Gasteiger partial charge in [0.15, 0.2) is 5.82 Å².